The third-order valence-corrected chi connectivity index (χ3v) is 6.77. The molecule has 1 aliphatic heterocycles. The molecule has 126 valence electrons. The molecule has 1 spiro atoms. The number of unbranched alkanes of at least 4 members (excludes halogenated alkanes) is 1. The molecule has 22 heavy (non-hydrogen) atoms. The first-order chi connectivity index (χ1) is 10.2. The van der Waals surface area contributed by atoms with Gasteiger partial charge in [0, 0.05) is 5.41 Å². The molecule has 1 heterocycles. The van der Waals surface area contributed by atoms with E-state index in [4.69, 9.17) is 4.74 Å². The number of hydrogen-bond donors (Lipinski definition) is 2. The van der Waals surface area contributed by atoms with Crippen LogP contribution in [0.1, 0.15) is 72.6 Å². The fourth-order valence-corrected chi connectivity index (χ4v) is 5.48. The van der Waals surface area contributed by atoms with Gasteiger partial charge < -0.3 is 14.9 Å². The van der Waals surface area contributed by atoms with Crippen molar-refractivity contribution in [3.8, 4) is 0 Å². The molecule has 4 atom stereocenters. The number of aliphatic hydroxyl groups excluding tert-OH is 1. The zero-order chi connectivity index (χ0) is 16.2. The molecule has 3 rings (SSSR count). The zero-order valence-corrected chi connectivity index (χ0v) is 14.6. The molecular weight excluding hydrogens is 276 g/mol. The molecule has 1 saturated carbocycles. The van der Waals surface area contributed by atoms with E-state index >= 15 is 0 Å². The van der Waals surface area contributed by atoms with Gasteiger partial charge in [-0.15, -0.1) is 0 Å². The highest BCUT2D eigenvalue weighted by molar-refractivity contribution is 5.35. The molecule has 0 aromatic carbocycles. The van der Waals surface area contributed by atoms with E-state index in [2.05, 4.69) is 27.7 Å². The quantitative estimate of drug-likeness (QED) is 0.780. The predicted octanol–water partition coefficient (Wildman–Crippen LogP) is 3.58. The highest BCUT2D eigenvalue weighted by atomic mass is 16.5. The normalized spacial score (nSPS) is 46.3. The lowest BCUT2D eigenvalue weighted by atomic mass is 9.52. The molecule has 2 bridgehead atoms. The summed E-state index contributed by atoms with van der Waals surface area (Å²) >= 11 is 0. The summed E-state index contributed by atoms with van der Waals surface area (Å²) in [5, 5.41) is 21.1. The van der Waals surface area contributed by atoms with Crippen LogP contribution in [0.4, 0.5) is 0 Å². The van der Waals surface area contributed by atoms with Crippen LogP contribution in [0.15, 0.2) is 11.6 Å². The summed E-state index contributed by atoms with van der Waals surface area (Å²) in [7, 11) is 0. The molecule has 2 fully saturated rings. The van der Waals surface area contributed by atoms with Crippen LogP contribution in [0.5, 0.6) is 0 Å². The first kappa shape index (κ1) is 16.5. The van der Waals surface area contributed by atoms with Gasteiger partial charge in [0.2, 0.25) is 0 Å². The van der Waals surface area contributed by atoms with Crippen LogP contribution in [-0.2, 0) is 4.74 Å². The van der Waals surface area contributed by atoms with Gasteiger partial charge in [0.1, 0.15) is 0 Å². The number of rotatable bonds is 4. The average Bonchev–Trinajstić information content (AvgIpc) is 2.68. The Hall–Kier alpha value is -0.380. The summed E-state index contributed by atoms with van der Waals surface area (Å²) in [6.07, 6.45) is 8.82. The van der Waals surface area contributed by atoms with Gasteiger partial charge in [-0.05, 0) is 63.5 Å². The van der Waals surface area contributed by atoms with Crippen LogP contribution >= 0.6 is 0 Å². The Bertz CT molecular complexity index is 483. The van der Waals surface area contributed by atoms with E-state index in [1.807, 2.05) is 6.08 Å². The molecular formula is C19H32O3. The summed E-state index contributed by atoms with van der Waals surface area (Å²) in [5.41, 5.74) is -0.434. The smallest absolute Gasteiger partial charge is 0.0980 e. The molecule has 1 saturated heterocycles. The maximum atomic E-state index is 11.1. The standard InChI is InChI=1S/C19H32O3/c1-5-6-8-18(21)10-15(12-20)19-11-14(16(2,3)22-19)7-9-17(19,4)13-18/h10,14,20-21H,5-9,11-13H2,1-4H3/t14-,17-,18+,19?/m1/s1. The van der Waals surface area contributed by atoms with Gasteiger partial charge in [-0.3, -0.25) is 0 Å². The second-order valence-electron chi connectivity index (χ2n) is 8.74. The van der Waals surface area contributed by atoms with Crippen LogP contribution in [0, 0.1) is 11.3 Å². The van der Waals surface area contributed by atoms with E-state index in [0.717, 1.165) is 50.5 Å². The highest BCUT2D eigenvalue weighted by Crippen LogP contribution is 2.65. The van der Waals surface area contributed by atoms with Crippen LogP contribution in [0.3, 0.4) is 0 Å². The van der Waals surface area contributed by atoms with Gasteiger partial charge >= 0.3 is 0 Å². The predicted molar refractivity (Wildman–Crippen MR) is 87.6 cm³/mol. The third kappa shape index (κ3) is 2.20. The summed E-state index contributed by atoms with van der Waals surface area (Å²) < 4.78 is 6.63. The van der Waals surface area contributed by atoms with Crippen LogP contribution in [-0.4, -0.2) is 33.6 Å². The topological polar surface area (TPSA) is 49.7 Å². The van der Waals surface area contributed by atoms with E-state index in [-0.39, 0.29) is 23.2 Å². The van der Waals surface area contributed by atoms with E-state index in [1.165, 1.54) is 0 Å². The van der Waals surface area contributed by atoms with Gasteiger partial charge in [0.25, 0.3) is 0 Å². The molecule has 1 unspecified atom stereocenters. The fraction of sp³-hybridized carbons (Fsp3) is 0.895. The van der Waals surface area contributed by atoms with Crippen molar-refractivity contribution in [2.75, 3.05) is 6.61 Å². The molecule has 2 N–H and O–H groups in total. The largest absolute Gasteiger partial charge is 0.392 e. The lowest BCUT2D eigenvalue weighted by Gasteiger charge is -2.55. The van der Waals surface area contributed by atoms with Crippen molar-refractivity contribution in [3.05, 3.63) is 11.6 Å². The van der Waals surface area contributed by atoms with Gasteiger partial charge in [0.15, 0.2) is 0 Å². The molecule has 0 aromatic heterocycles. The summed E-state index contributed by atoms with van der Waals surface area (Å²) in [6.45, 7) is 8.78. The monoisotopic (exact) mass is 308 g/mol. The molecule has 3 aliphatic rings. The Morgan fingerprint density at radius 2 is 2.05 bits per heavy atom. The molecule has 0 amide bonds. The highest BCUT2D eigenvalue weighted by Gasteiger charge is 2.66. The second kappa shape index (κ2) is 5.06. The minimum atomic E-state index is -0.781. The third-order valence-electron chi connectivity index (χ3n) is 6.77. The molecule has 2 aliphatic carbocycles. The average molecular weight is 308 g/mol. The maximum Gasteiger partial charge on any atom is 0.0980 e. The zero-order valence-electron chi connectivity index (χ0n) is 14.6. The van der Waals surface area contributed by atoms with Crippen molar-refractivity contribution in [2.24, 2.45) is 11.3 Å². The summed E-state index contributed by atoms with van der Waals surface area (Å²) in [4.78, 5) is 0. The molecule has 3 nitrogen and oxygen atoms in total. The van der Waals surface area contributed by atoms with Crippen molar-refractivity contribution < 1.29 is 14.9 Å². The Kier molecular flexibility index (Phi) is 3.79. The summed E-state index contributed by atoms with van der Waals surface area (Å²) in [6, 6.07) is 0. The van der Waals surface area contributed by atoms with Gasteiger partial charge in [-0.2, -0.15) is 0 Å². The van der Waals surface area contributed by atoms with Crippen LogP contribution < -0.4 is 0 Å². The number of fused-ring (bicyclic) bond motifs is 1. The molecule has 0 aromatic rings. The Morgan fingerprint density at radius 1 is 1.32 bits per heavy atom. The van der Waals surface area contributed by atoms with Crippen molar-refractivity contribution in [1.29, 1.82) is 0 Å². The van der Waals surface area contributed by atoms with Gasteiger partial charge in [0.05, 0.1) is 23.4 Å². The van der Waals surface area contributed by atoms with Gasteiger partial charge in [-0.25, -0.2) is 0 Å². The second-order valence-corrected chi connectivity index (χ2v) is 8.74. The lowest BCUT2D eigenvalue weighted by Crippen LogP contribution is -2.57. The fourth-order valence-electron chi connectivity index (χ4n) is 5.48. The van der Waals surface area contributed by atoms with Crippen LogP contribution in [0.2, 0.25) is 0 Å². The number of aliphatic hydroxyl groups is 2. The first-order valence-corrected chi connectivity index (χ1v) is 8.96. The van der Waals surface area contributed by atoms with Gasteiger partial charge in [-0.1, -0.05) is 26.7 Å². The van der Waals surface area contributed by atoms with E-state index in [9.17, 15) is 10.2 Å². The molecule has 0 radical (unpaired) electrons. The van der Waals surface area contributed by atoms with E-state index in [1.54, 1.807) is 0 Å². The molecule has 3 heteroatoms. The first-order valence-electron chi connectivity index (χ1n) is 8.96. The maximum absolute atomic E-state index is 11.1. The summed E-state index contributed by atoms with van der Waals surface area (Å²) in [5.74, 6) is 0.553. The number of ether oxygens (including phenoxy) is 1. The van der Waals surface area contributed by atoms with Crippen molar-refractivity contribution in [1.82, 2.24) is 0 Å². The van der Waals surface area contributed by atoms with Crippen molar-refractivity contribution >= 4 is 0 Å². The minimum Gasteiger partial charge on any atom is -0.392 e. The van der Waals surface area contributed by atoms with E-state index < -0.39 is 5.60 Å². The SMILES string of the molecule is CCCC[C@]1(O)C=C(CO)C23C[C@@H](CC[C@]2(C)C1)C(C)(C)O3. The Labute approximate surface area is 134 Å². The number of hydrogen-bond acceptors (Lipinski definition) is 3. The minimum absolute atomic E-state index is 0.00712. The lowest BCUT2D eigenvalue weighted by molar-refractivity contribution is -0.157. The Balaban J connectivity index is 2.04. The Morgan fingerprint density at radius 3 is 2.68 bits per heavy atom. The van der Waals surface area contributed by atoms with Crippen molar-refractivity contribution in [3.63, 3.8) is 0 Å². The van der Waals surface area contributed by atoms with Crippen molar-refractivity contribution in [2.45, 2.75) is 89.4 Å². The van der Waals surface area contributed by atoms with E-state index in [0.29, 0.717) is 5.92 Å². The van der Waals surface area contributed by atoms with Crippen LogP contribution in [0.25, 0.3) is 0 Å².